The van der Waals surface area contributed by atoms with Crippen LogP contribution in [0.4, 0.5) is 0 Å². The highest BCUT2D eigenvalue weighted by molar-refractivity contribution is 6.99. The van der Waals surface area contributed by atoms with Gasteiger partial charge >= 0.3 is 5.97 Å². The van der Waals surface area contributed by atoms with E-state index in [1.807, 2.05) is 6.92 Å². The minimum absolute atomic E-state index is 0.126. The van der Waals surface area contributed by atoms with Crippen LogP contribution in [0.25, 0.3) is 5.57 Å². The quantitative estimate of drug-likeness (QED) is 0.324. The van der Waals surface area contributed by atoms with Gasteiger partial charge in [-0.2, -0.15) is 4.37 Å². The van der Waals surface area contributed by atoms with Crippen molar-refractivity contribution >= 4 is 23.3 Å². The number of carbonyl (C=O) groups is 1. The van der Waals surface area contributed by atoms with Crippen molar-refractivity contribution in [1.82, 2.24) is 8.75 Å². The van der Waals surface area contributed by atoms with Crippen LogP contribution in [0.2, 0.25) is 0 Å². The van der Waals surface area contributed by atoms with Gasteiger partial charge in [0.05, 0.1) is 44.5 Å². The van der Waals surface area contributed by atoms with E-state index in [2.05, 4.69) is 28.8 Å². The zero-order valence-corrected chi connectivity index (χ0v) is 18.7. The molecule has 0 spiro atoms. The third-order valence-electron chi connectivity index (χ3n) is 5.99. The predicted octanol–water partition coefficient (Wildman–Crippen LogP) is 3.66. The first kappa shape index (κ1) is 22.2. The highest BCUT2D eigenvalue weighted by Gasteiger charge is 2.38. The van der Waals surface area contributed by atoms with Gasteiger partial charge < -0.3 is 14.2 Å². The molecule has 1 saturated heterocycles. The Hall–Kier alpha value is -1.51. The molecule has 0 N–H and O–H groups in total. The summed E-state index contributed by atoms with van der Waals surface area (Å²) in [5.41, 5.74) is 1.97. The van der Waals surface area contributed by atoms with Gasteiger partial charge in [0, 0.05) is 25.5 Å². The summed E-state index contributed by atoms with van der Waals surface area (Å²) in [6, 6.07) is 0. The molecule has 2 aliphatic heterocycles. The fourth-order valence-electron chi connectivity index (χ4n) is 3.83. The molecule has 3 rings (SSSR count). The van der Waals surface area contributed by atoms with Gasteiger partial charge in [0.25, 0.3) is 5.88 Å². The van der Waals surface area contributed by atoms with Crippen LogP contribution in [-0.4, -0.2) is 65.4 Å². The smallest absolute Gasteiger partial charge is 0.315 e. The Bertz CT molecular complexity index is 702. The lowest BCUT2D eigenvalue weighted by Crippen LogP contribution is -2.55. The molecule has 2 aliphatic rings. The highest BCUT2D eigenvalue weighted by Crippen LogP contribution is 2.32. The van der Waals surface area contributed by atoms with Crippen molar-refractivity contribution in [2.45, 2.75) is 58.6 Å². The molecule has 1 aromatic heterocycles. The number of carbonyl (C=O) groups excluding carboxylic acids is 1. The molecule has 0 aliphatic carbocycles. The summed E-state index contributed by atoms with van der Waals surface area (Å²) in [5.74, 6) is 0.370. The molecule has 162 valence electrons. The Kier molecular flexibility index (Phi) is 8.03. The number of hydrogen-bond acceptors (Lipinski definition) is 7. The van der Waals surface area contributed by atoms with Crippen LogP contribution in [-0.2, 0) is 14.3 Å². The van der Waals surface area contributed by atoms with Gasteiger partial charge in [0.15, 0.2) is 0 Å². The number of esters is 1. The highest BCUT2D eigenvalue weighted by atomic mass is 32.1. The van der Waals surface area contributed by atoms with Crippen LogP contribution in [0.3, 0.4) is 0 Å². The molecule has 0 aromatic carbocycles. The standard InChI is InChI=1S/C21H34N3O4S/c1-4-5-6-7-12-27-20-19(22-29-23-20)17-9-8-11-24(3,14-17)16(2)28-21(25)18-10-13-26-15-18/h9,16,18H,4-8,10-15H2,1-3H3/q+1/t16-,18+,24?/m1/s1. The van der Waals surface area contributed by atoms with Gasteiger partial charge in [-0.1, -0.05) is 32.3 Å². The van der Waals surface area contributed by atoms with Crippen LogP contribution >= 0.6 is 11.7 Å². The second-order valence-electron chi connectivity index (χ2n) is 8.30. The van der Waals surface area contributed by atoms with E-state index in [9.17, 15) is 4.79 Å². The zero-order chi connectivity index (χ0) is 20.7. The molecule has 0 radical (unpaired) electrons. The van der Waals surface area contributed by atoms with E-state index in [1.165, 1.54) is 31.0 Å². The number of unbranched alkanes of at least 4 members (excludes halogenated alkanes) is 3. The van der Waals surface area contributed by atoms with Crippen LogP contribution in [0.15, 0.2) is 6.08 Å². The number of rotatable bonds is 10. The Morgan fingerprint density at radius 3 is 3.00 bits per heavy atom. The van der Waals surface area contributed by atoms with Crippen molar-refractivity contribution in [3.05, 3.63) is 11.8 Å². The summed E-state index contributed by atoms with van der Waals surface area (Å²) < 4.78 is 26.6. The molecule has 8 heteroatoms. The van der Waals surface area contributed by atoms with Crippen molar-refractivity contribution in [1.29, 1.82) is 0 Å². The fourth-order valence-corrected chi connectivity index (χ4v) is 4.36. The van der Waals surface area contributed by atoms with E-state index in [1.54, 1.807) is 0 Å². The lowest BCUT2D eigenvalue weighted by molar-refractivity contribution is -0.944. The molecule has 29 heavy (non-hydrogen) atoms. The first-order chi connectivity index (χ1) is 14.0. The van der Waals surface area contributed by atoms with Crippen molar-refractivity contribution in [3.8, 4) is 5.88 Å². The lowest BCUT2D eigenvalue weighted by Gasteiger charge is -2.41. The topological polar surface area (TPSA) is 70.5 Å². The number of quaternary nitrogens is 1. The Balaban J connectivity index is 1.59. The van der Waals surface area contributed by atoms with Gasteiger partial charge in [-0.3, -0.25) is 9.28 Å². The van der Waals surface area contributed by atoms with Crippen LogP contribution < -0.4 is 4.74 Å². The monoisotopic (exact) mass is 424 g/mol. The lowest BCUT2D eigenvalue weighted by atomic mass is 10.0. The van der Waals surface area contributed by atoms with Gasteiger partial charge in [-0.15, -0.1) is 4.37 Å². The number of aromatic nitrogens is 2. The van der Waals surface area contributed by atoms with E-state index >= 15 is 0 Å². The van der Waals surface area contributed by atoms with E-state index in [4.69, 9.17) is 14.2 Å². The van der Waals surface area contributed by atoms with E-state index in [-0.39, 0.29) is 18.1 Å². The van der Waals surface area contributed by atoms with E-state index < -0.39 is 0 Å². The van der Waals surface area contributed by atoms with Crippen molar-refractivity contribution < 1.29 is 23.5 Å². The van der Waals surface area contributed by atoms with Gasteiger partial charge in [0.2, 0.25) is 6.23 Å². The first-order valence-corrected chi connectivity index (χ1v) is 11.5. The Morgan fingerprint density at radius 1 is 1.38 bits per heavy atom. The molecule has 0 bridgehead atoms. The SMILES string of the molecule is CCCCCCOc1nsnc1C1=CCC[N+](C)([C@@H](C)OC(=O)[C@H]2CCOC2)C1. The maximum atomic E-state index is 12.4. The first-order valence-electron chi connectivity index (χ1n) is 10.8. The fraction of sp³-hybridized carbons (Fsp3) is 0.762. The minimum Gasteiger partial charge on any atom is -0.475 e. The van der Waals surface area contributed by atoms with Crippen molar-refractivity contribution in [3.63, 3.8) is 0 Å². The third-order valence-corrected chi connectivity index (χ3v) is 6.50. The molecule has 1 unspecified atom stereocenters. The number of likely N-dealkylation sites (N-methyl/N-ethyl adjacent to an activating group) is 1. The second-order valence-corrected chi connectivity index (χ2v) is 8.83. The molecular weight excluding hydrogens is 390 g/mol. The summed E-state index contributed by atoms with van der Waals surface area (Å²) in [6.45, 7) is 7.65. The molecule has 1 aromatic rings. The maximum absolute atomic E-state index is 12.4. The summed E-state index contributed by atoms with van der Waals surface area (Å²) >= 11 is 1.19. The molecule has 7 nitrogen and oxygen atoms in total. The summed E-state index contributed by atoms with van der Waals surface area (Å²) in [4.78, 5) is 12.4. The van der Waals surface area contributed by atoms with Crippen LogP contribution in [0.1, 0.15) is 58.1 Å². The zero-order valence-electron chi connectivity index (χ0n) is 17.9. The molecule has 1 fully saturated rings. The summed E-state index contributed by atoms with van der Waals surface area (Å²) in [6.07, 6.45) is 8.32. The molecule has 3 atom stereocenters. The number of ether oxygens (including phenoxy) is 3. The minimum atomic E-state index is -0.225. The summed E-state index contributed by atoms with van der Waals surface area (Å²) in [5, 5.41) is 0. The van der Waals surface area contributed by atoms with E-state index in [0.717, 1.165) is 43.6 Å². The third kappa shape index (κ3) is 5.77. The Labute approximate surface area is 177 Å². The average molecular weight is 425 g/mol. The largest absolute Gasteiger partial charge is 0.475 e. The average Bonchev–Trinajstić information content (AvgIpc) is 3.40. The van der Waals surface area contributed by atoms with E-state index in [0.29, 0.717) is 30.2 Å². The maximum Gasteiger partial charge on any atom is 0.315 e. The molecule has 0 saturated carbocycles. The Morgan fingerprint density at radius 2 is 2.24 bits per heavy atom. The molecular formula is C21H34N3O4S+. The summed E-state index contributed by atoms with van der Waals surface area (Å²) in [7, 11) is 2.14. The predicted molar refractivity (Wildman–Crippen MR) is 113 cm³/mol. The van der Waals surface area contributed by atoms with Crippen LogP contribution in [0.5, 0.6) is 5.88 Å². The van der Waals surface area contributed by atoms with Crippen LogP contribution in [0, 0.1) is 5.92 Å². The van der Waals surface area contributed by atoms with Gasteiger partial charge in [-0.25, -0.2) is 0 Å². The van der Waals surface area contributed by atoms with Crippen molar-refractivity contribution in [2.24, 2.45) is 5.92 Å². The van der Waals surface area contributed by atoms with Crippen molar-refractivity contribution in [2.75, 3.05) is 40.0 Å². The molecule has 3 heterocycles. The van der Waals surface area contributed by atoms with Gasteiger partial charge in [0.1, 0.15) is 12.2 Å². The van der Waals surface area contributed by atoms with Gasteiger partial charge in [-0.05, 0) is 12.8 Å². The number of nitrogens with zero attached hydrogens (tertiary/aromatic N) is 3. The number of hydrogen-bond donors (Lipinski definition) is 0. The normalized spacial score (nSPS) is 25.5. The second kappa shape index (κ2) is 10.5. The molecule has 0 amide bonds.